The van der Waals surface area contributed by atoms with Gasteiger partial charge in [0, 0.05) is 24.6 Å². The summed E-state index contributed by atoms with van der Waals surface area (Å²) in [4.78, 5) is 29.1. The Morgan fingerprint density at radius 1 is 0.949 bits per heavy atom. The molecular formula is C33H39FN2O3. The highest BCUT2D eigenvalue weighted by atomic mass is 19.1. The predicted molar refractivity (Wildman–Crippen MR) is 152 cm³/mol. The lowest BCUT2D eigenvalue weighted by Crippen LogP contribution is -2.53. The zero-order chi connectivity index (χ0) is 27.8. The highest BCUT2D eigenvalue weighted by molar-refractivity contribution is 5.88. The first-order valence-corrected chi connectivity index (χ1v) is 13.8. The summed E-state index contributed by atoms with van der Waals surface area (Å²) in [5.41, 5.74) is 2.09. The van der Waals surface area contributed by atoms with Gasteiger partial charge >= 0.3 is 0 Å². The normalized spacial score (nSPS) is 14.6. The van der Waals surface area contributed by atoms with E-state index in [2.05, 4.69) is 26.1 Å². The fraction of sp³-hybridized carbons (Fsp3) is 0.394. The molecule has 0 aromatic heterocycles. The summed E-state index contributed by atoms with van der Waals surface area (Å²) in [6.07, 6.45) is 4.33. The van der Waals surface area contributed by atoms with E-state index >= 15 is 0 Å². The highest BCUT2D eigenvalue weighted by Crippen LogP contribution is 2.31. The number of carbonyl (C=O) groups is 2. The SMILES string of the molecule is CC(C)(C)c1ccccc1OCC(=O)N(Cc1ccccc1F)[C@H](Cc1ccccc1)C(=O)NC1CCCC1. The first kappa shape index (κ1) is 28.3. The molecule has 39 heavy (non-hydrogen) atoms. The van der Waals surface area contributed by atoms with Gasteiger partial charge in [-0.05, 0) is 41.5 Å². The molecule has 0 heterocycles. The standard InChI is InChI=1S/C33H39FN2O3/c1-33(2,3)27-18-10-12-20-30(27)39-23-31(37)36(22-25-15-7-11-19-28(25)34)29(21-24-13-5-4-6-14-24)32(38)35-26-16-8-9-17-26/h4-7,10-15,18-20,26,29H,8-9,16-17,21-23H2,1-3H3,(H,35,38)/t29-/m1/s1. The van der Waals surface area contributed by atoms with Crippen LogP contribution in [0.5, 0.6) is 5.75 Å². The molecule has 0 saturated heterocycles. The van der Waals surface area contributed by atoms with E-state index in [1.807, 2.05) is 54.6 Å². The van der Waals surface area contributed by atoms with Gasteiger partial charge in [-0.3, -0.25) is 9.59 Å². The number of halogens is 1. The van der Waals surface area contributed by atoms with Crippen LogP contribution >= 0.6 is 0 Å². The second-order valence-corrected chi connectivity index (χ2v) is 11.3. The number of rotatable bonds is 10. The van der Waals surface area contributed by atoms with Crippen molar-refractivity contribution in [2.45, 2.75) is 76.9 Å². The minimum atomic E-state index is -0.818. The van der Waals surface area contributed by atoms with Crippen LogP contribution in [-0.4, -0.2) is 35.4 Å². The summed E-state index contributed by atoms with van der Waals surface area (Å²) < 4.78 is 20.9. The van der Waals surface area contributed by atoms with Crippen LogP contribution in [0.15, 0.2) is 78.9 Å². The number of para-hydroxylation sites is 1. The van der Waals surface area contributed by atoms with Crippen molar-refractivity contribution in [2.24, 2.45) is 0 Å². The zero-order valence-electron chi connectivity index (χ0n) is 23.2. The molecule has 1 atom stereocenters. The van der Waals surface area contributed by atoms with Gasteiger partial charge in [0.05, 0.1) is 0 Å². The van der Waals surface area contributed by atoms with Gasteiger partial charge in [-0.1, -0.05) is 100 Å². The van der Waals surface area contributed by atoms with Crippen molar-refractivity contribution in [3.05, 3.63) is 101 Å². The average Bonchev–Trinajstić information content (AvgIpc) is 3.43. The molecule has 3 aromatic rings. The molecule has 0 unspecified atom stereocenters. The largest absolute Gasteiger partial charge is 0.483 e. The van der Waals surface area contributed by atoms with E-state index in [4.69, 9.17) is 4.74 Å². The zero-order valence-corrected chi connectivity index (χ0v) is 23.2. The lowest BCUT2D eigenvalue weighted by molar-refractivity contribution is -0.143. The quantitative estimate of drug-likeness (QED) is 0.340. The summed E-state index contributed by atoms with van der Waals surface area (Å²) >= 11 is 0. The van der Waals surface area contributed by atoms with E-state index in [0.29, 0.717) is 17.7 Å². The summed E-state index contributed by atoms with van der Waals surface area (Å²) in [7, 11) is 0. The van der Waals surface area contributed by atoms with Crippen LogP contribution in [0.2, 0.25) is 0 Å². The fourth-order valence-electron chi connectivity index (χ4n) is 5.17. The number of hydrogen-bond donors (Lipinski definition) is 1. The Bertz CT molecular complexity index is 1250. The van der Waals surface area contributed by atoms with Gasteiger partial charge in [-0.25, -0.2) is 4.39 Å². The van der Waals surface area contributed by atoms with Gasteiger partial charge in [-0.2, -0.15) is 0 Å². The minimum Gasteiger partial charge on any atom is -0.483 e. The maximum Gasteiger partial charge on any atom is 0.261 e. The van der Waals surface area contributed by atoms with E-state index in [1.54, 1.807) is 18.2 Å². The van der Waals surface area contributed by atoms with E-state index < -0.39 is 11.9 Å². The molecule has 5 nitrogen and oxygen atoms in total. The number of nitrogens with zero attached hydrogens (tertiary/aromatic N) is 1. The maximum absolute atomic E-state index is 14.8. The van der Waals surface area contributed by atoms with Crippen LogP contribution in [0, 0.1) is 5.82 Å². The lowest BCUT2D eigenvalue weighted by Gasteiger charge is -2.32. The Kier molecular flexibility index (Phi) is 9.39. The molecule has 1 aliphatic rings. The van der Waals surface area contributed by atoms with Crippen molar-refractivity contribution in [3.8, 4) is 5.75 Å². The number of hydrogen-bond acceptors (Lipinski definition) is 3. The molecule has 1 fully saturated rings. The van der Waals surface area contributed by atoms with E-state index in [0.717, 1.165) is 36.8 Å². The number of nitrogens with one attached hydrogen (secondary N) is 1. The second-order valence-electron chi connectivity index (χ2n) is 11.3. The number of ether oxygens (including phenoxy) is 1. The molecule has 0 spiro atoms. The Morgan fingerprint density at radius 2 is 1.59 bits per heavy atom. The van der Waals surface area contributed by atoms with Gasteiger partial charge in [0.1, 0.15) is 17.6 Å². The molecule has 2 amide bonds. The molecule has 0 aliphatic heterocycles. The molecule has 1 aliphatic carbocycles. The van der Waals surface area contributed by atoms with Crippen molar-refractivity contribution >= 4 is 11.8 Å². The van der Waals surface area contributed by atoms with Crippen LogP contribution < -0.4 is 10.1 Å². The Labute approximate surface area is 231 Å². The van der Waals surface area contributed by atoms with Crippen molar-refractivity contribution in [3.63, 3.8) is 0 Å². The number of amides is 2. The third-order valence-corrected chi connectivity index (χ3v) is 7.32. The summed E-state index contributed by atoms with van der Waals surface area (Å²) in [5.74, 6) is -0.377. The topological polar surface area (TPSA) is 58.6 Å². The maximum atomic E-state index is 14.8. The fourth-order valence-corrected chi connectivity index (χ4v) is 5.17. The van der Waals surface area contributed by atoms with Gasteiger partial charge in [-0.15, -0.1) is 0 Å². The molecule has 1 N–H and O–H groups in total. The van der Waals surface area contributed by atoms with Gasteiger partial charge in [0.2, 0.25) is 5.91 Å². The molecule has 206 valence electrons. The molecule has 1 saturated carbocycles. The van der Waals surface area contributed by atoms with E-state index in [1.165, 1.54) is 11.0 Å². The lowest BCUT2D eigenvalue weighted by atomic mass is 9.86. The molecule has 4 rings (SSSR count). The summed E-state index contributed by atoms with van der Waals surface area (Å²) in [6.45, 7) is 5.97. The number of benzene rings is 3. The van der Waals surface area contributed by atoms with Crippen LogP contribution in [0.1, 0.15) is 63.1 Å². The van der Waals surface area contributed by atoms with E-state index in [-0.39, 0.29) is 36.4 Å². The Morgan fingerprint density at radius 3 is 2.28 bits per heavy atom. The molecule has 0 radical (unpaired) electrons. The first-order valence-electron chi connectivity index (χ1n) is 13.8. The van der Waals surface area contributed by atoms with Gasteiger partial charge in [0.25, 0.3) is 5.91 Å². The van der Waals surface area contributed by atoms with E-state index in [9.17, 15) is 14.0 Å². The van der Waals surface area contributed by atoms with Crippen molar-refractivity contribution in [1.82, 2.24) is 10.2 Å². The van der Waals surface area contributed by atoms with Gasteiger partial charge < -0.3 is 15.0 Å². The second kappa shape index (κ2) is 12.9. The van der Waals surface area contributed by atoms with Crippen molar-refractivity contribution in [1.29, 1.82) is 0 Å². The smallest absolute Gasteiger partial charge is 0.261 e. The third kappa shape index (κ3) is 7.69. The van der Waals surface area contributed by atoms with Crippen LogP contribution in [-0.2, 0) is 28.0 Å². The molecule has 3 aromatic carbocycles. The summed E-state index contributed by atoms with van der Waals surface area (Å²) in [5, 5.41) is 3.17. The third-order valence-electron chi connectivity index (χ3n) is 7.32. The average molecular weight is 531 g/mol. The predicted octanol–water partition coefficient (Wildman–Crippen LogP) is 6.20. The molecule has 0 bridgehead atoms. The summed E-state index contributed by atoms with van der Waals surface area (Å²) in [6, 6.07) is 22.9. The molecular weight excluding hydrogens is 491 g/mol. The van der Waals surface area contributed by atoms with Crippen LogP contribution in [0.4, 0.5) is 4.39 Å². The van der Waals surface area contributed by atoms with Crippen LogP contribution in [0.25, 0.3) is 0 Å². The minimum absolute atomic E-state index is 0.0363. The number of carbonyl (C=O) groups excluding carboxylic acids is 2. The Hall–Kier alpha value is -3.67. The van der Waals surface area contributed by atoms with Gasteiger partial charge in [0.15, 0.2) is 6.61 Å². The highest BCUT2D eigenvalue weighted by Gasteiger charge is 2.33. The Balaban J connectivity index is 1.64. The first-order chi connectivity index (χ1) is 18.7. The van der Waals surface area contributed by atoms with Crippen LogP contribution in [0.3, 0.4) is 0 Å². The monoisotopic (exact) mass is 530 g/mol. The van der Waals surface area contributed by atoms with Crippen molar-refractivity contribution < 1.29 is 18.7 Å². The molecule has 6 heteroatoms. The van der Waals surface area contributed by atoms with Crippen molar-refractivity contribution in [2.75, 3.05) is 6.61 Å².